The molecule has 0 saturated heterocycles. The van der Waals surface area contributed by atoms with E-state index in [9.17, 15) is 0 Å². The zero-order valence-electron chi connectivity index (χ0n) is 15.4. The Morgan fingerprint density at radius 3 is 2.72 bits per heavy atom. The molecule has 0 saturated carbocycles. The largest absolute Gasteiger partial charge is 0.462 e. The van der Waals surface area contributed by atoms with Crippen LogP contribution in [0.15, 0.2) is 22.7 Å². The van der Waals surface area contributed by atoms with E-state index in [2.05, 4.69) is 58.1 Å². The van der Waals surface area contributed by atoms with E-state index < -0.39 is 0 Å². The number of unbranched alkanes of at least 4 members (excludes halogenated alkanes) is 1. The van der Waals surface area contributed by atoms with Crippen molar-refractivity contribution in [3.05, 3.63) is 39.6 Å². The number of rotatable bonds is 11. The molecule has 5 nitrogen and oxygen atoms in total. The van der Waals surface area contributed by atoms with Crippen molar-refractivity contribution in [1.29, 1.82) is 0 Å². The van der Waals surface area contributed by atoms with E-state index in [1.165, 1.54) is 5.56 Å². The predicted octanol–water partition coefficient (Wildman–Crippen LogP) is 4.76. The number of aromatic nitrogens is 3. The molecule has 0 amide bonds. The second kappa shape index (κ2) is 10.6. The van der Waals surface area contributed by atoms with Crippen LogP contribution in [0.5, 0.6) is 6.01 Å². The van der Waals surface area contributed by atoms with Crippen molar-refractivity contribution >= 4 is 15.9 Å². The minimum absolute atomic E-state index is 0.486. The van der Waals surface area contributed by atoms with E-state index in [-0.39, 0.29) is 0 Å². The van der Waals surface area contributed by atoms with Crippen molar-refractivity contribution in [2.24, 2.45) is 0 Å². The van der Waals surface area contributed by atoms with Crippen LogP contribution in [0.2, 0.25) is 0 Å². The SMILES string of the molecule is CCCCc1nc(OCCC)nn1Cc1ccc(Br)c(COCC)c1. The van der Waals surface area contributed by atoms with E-state index in [1.54, 1.807) is 0 Å². The fraction of sp³-hybridized carbons (Fsp3) is 0.579. The van der Waals surface area contributed by atoms with Crippen molar-refractivity contribution in [1.82, 2.24) is 14.8 Å². The molecule has 0 radical (unpaired) electrons. The highest BCUT2D eigenvalue weighted by molar-refractivity contribution is 9.10. The third kappa shape index (κ3) is 6.12. The third-order valence-corrected chi connectivity index (χ3v) is 4.60. The number of benzene rings is 1. The number of halogens is 1. The third-order valence-electron chi connectivity index (χ3n) is 3.82. The average Bonchev–Trinajstić information content (AvgIpc) is 3.00. The van der Waals surface area contributed by atoms with Gasteiger partial charge in [-0.2, -0.15) is 4.98 Å². The molecule has 2 rings (SSSR count). The van der Waals surface area contributed by atoms with Crippen LogP contribution in [0, 0.1) is 0 Å². The first-order valence-electron chi connectivity index (χ1n) is 9.09. The van der Waals surface area contributed by atoms with Crippen LogP contribution in [0.4, 0.5) is 0 Å². The van der Waals surface area contributed by atoms with Crippen LogP contribution >= 0.6 is 15.9 Å². The summed E-state index contributed by atoms with van der Waals surface area (Å²) in [5.41, 5.74) is 2.33. The average molecular weight is 410 g/mol. The number of hydrogen-bond donors (Lipinski definition) is 0. The summed E-state index contributed by atoms with van der Waals surface area (Å²) < 4.78 is 14.2. The smallest absolute Gasteiger partial charge is 0.335 e. The predicted molar refractivity (Wildman–Crippen MR) is 103 cm³/mol. The molecule has 0 atom stereocenters. The Kier molecular flexibility index (Phi) is 8.41. The molecule has 0 bridgehead atoms. The maximum atomic E-state index is 5.62. The van der Waals surface area contributed by atoms with E-state index >= 15 is 0 Å². The monoisotopic (exact) mass is 409 g/mol. The van der Waals surface area contributed by atoms with E-state index in [4.69, 9.17) is 9.47 Å². The van der Waals surface area contributed by atoms with Gasteiger partial charge in [0.1, 0.15) is 5.82 Å². The molecule has 1 aromatic heterocycles. The van der Waals surface area contributed by atoms with E-state index in [0.29, 0.717) is 32.4 Å². The van der Waals surface area contributed by atoms with Gasteiger partial charge < -0.3 is 9.47 Å². The van der Waals surface area contributed by atoms with E-state index in [1.807, 2.05) is 11.6 Å². The Morgan fingerprint density at radius 1 is 1.16 bits per heavy atom. The van der Waals surface area contributed by atoms with Gasteiger partial charge in [0.05, 0.1) is 19.8 Å². The van der Waals surface area contributed by atoms with Crippen LogP contribution in [-0.4, -0.2) is 28.0 Å². The lowest BCUT2D eigenvalue weighted by molar-refractivity contribution is 0.133. The minimum atomic E-state index is 0.486. The van der Waals surface area contributed by atoms with E-state index in [0.717, 1.165) is 41.5 Å². The van der Waals surface area contributed by atoms with Gasteiger partial charge in [-0.3, -0.25) is 0 Å². The topological polar surface area (TPSA) is 49.2 Å². The summed E-state index contributed by atoms with van der Waals surface area (Å²) >= 11 is 3.59. The van der Waals surface area contributed by atoms with Crippen LogP contribution in [0.1, 0.15) is 57.0 Å². The zero-order valence-corrected chi connectivity index (χ0v) is 17.0. The van der Waals surface area contributed by atoms with Gasteiger partial charge >= 0.3 is 6.01 Å². The summed E-state index contributed by atoms with van der Waals surface area (Å²) in [7, 11) is 0. The van der Waals surface area contributed by atoms with Gasteiger partial charge in [-0.25, -0.2) is 4.68 Å². The first-order chi connectivity index (χ1) is 12.2. The summed E-state index contributed by atoms with van der Waals surface area (Å²) in [4.78, 5) is 4.57. The Hall–Kier alpha value is -1.40. The van der Waals surface area contributed by atoms with Crippen LogP contribution in [-0.2, 0) is 24.3 Å². The van der Waals surface area contributed by atoms with Crippen LogP contribution in [0.3, 0.4) is 0 Å². The molecule has 0 spiro atoms. The maximum absolute atomic E-state index is 5.62. The Morgan fingerprint density at radius 2 is 2.00 bits per heavy atom. The first-order valence-corrected chi connectivity index (χ1v) is 9.88. The lowest BCUT2D eigenvalue weighted by Gasteiger charge is -2.09. The minimum Gasteiger partial charge on any atom is -0.462 e. The molecule has 1 aromatic carbocycles. The number of hydrogen-bond acceptors (Lipinski definition) is 4. The molecule has 0 aliphatic rings. The highest BCUT2D eigenvalue weighted by atomic mass is 79.9. The molecule has 0 aliphatic carbocycles. The Balaban J connectivity index is 2.18. The van der Waals surface area contributed by atoms with Gasteiger partial charge in [0, 0.05) is 17.5 Å². The van der Waals surface area contributed by atoms with Gasteiger partial charge in [-0.15, -0.1) is 5.10 Å². The van der Waals surface area contributed by atoms with Gasteiger partial charge in [0.2, 0.25) is 0 Å². The molecule has 138 valence electrons. The van der Waals surface area contributed by atoms with Crippen molar-refractivity contribution in [3.8, 4) is 6.01 Å². The quantitative estimate of drug-likeness (QED) is 0.536. The fourth-order valence-electron chi connectivity index (χ4n) is 2.47. The highest BCUT2D eigenvalue weighted by Gasteiger charge is 2.12. The fourth-order valence-corrected chi connectivity index (χ4v) is 2.84. The van der Waals surface area contributed by atoms with Gasteiger partial charge in [0.15, 0.2) is 0 Å². The number of nitrogens with zero attached hydrogens (tertiary/aromatic N) is 3. The summed E-state index contributed by atoms with van der Waals surface area (Å²) in [6.07, 6.45) is 4.10. The van der Waals surface area contributed by atoms with Crippen LogP contribution < -0.4 is 4.74 Å². The van der Waals surface area contributed by atoms with Crippen LogP contribution in [0.25, 0.3) is 0 Å². The zero-order chi connectivity index (χ0) is 18.1. The summed E-state index contributed by atoms with van der Waals surface area (Å²) in [6.45, 7) is 8.92. The molecule has 2 aromatic rings. The van der Waals surface area contributed by atoms with Crippen molar-refractivity contribution < 1.29 is 9.47 Å². The number of aryl methyl sites for hydroxylation is 1. The normalized spacial score (nSPS) is 11.0. The van der Waals surface area contributed by atoms with Crippen molar-refractivity contribution in [3.63, 3.8) is 0 Å². The van der Waals surface area contributed by atoms with Crippen molar-refractivity contribution in [2.45, 2.75) is 59.6 Å². The summed E-state index contributed by atoms with van der Waals surface area (Å²) in [5.74, 6) is 0.988. The van der Waals surface area contributed by atoms with Crippen molar-refractivity contribution in [2.75, 3.05) is 13.2 Å². The van der Waals surface area contributed by atoms with Gasteiger partial charge in [-0.05, 0) is 37.0 Å². The van der Waals surface area contributed by atoms with Gasteiger partial charge in [-0.1, -0.05) is 48.3 Å². The highest BCUT2D eigenvalue weighted by Crippen LogP contribution is 2.21. The standard InChI is InChI=1S/C19H28BrN3O2/c1-4-7-8-18-21-19(25-11-5-2)22-23(18)13-15-9-10-17(20)16(12-15)14-24-6-3/h9-10,12H,4-8,11,13-14H2,1-3H3. The molecule has 1 heterocycles. The second-order valence-electron chi connectivity index (χ2n) is 5.98. The second-order valence-corrected chi connectivity index (χ2v) is 6.84. The molecule has 25 heavy (non-hydrogen) atoms. The first kappa shape index (κ1) is 19.9. The lowest BCUT2D eigenvalue weighted by atomic mass is 10.1. The Labute approximate surface area is 158 Å². The molecular formula is C19H28BrN3O2. The molecular weight excluding hydrogens is 382 g/mol. The molecule has 0 N–H and O–H groups in total. The molecule has 0 aliphatic heterocycles. The summed E-state index contributed by atoms with van der Waals surface area (Å²) in [5, 5.41) is 4.55. The molecule has 6 heteroatoms. The lowest BCUT2D eigenvalue weighted by Crippen LogP contribution is -2.08. The molecule has 0 unspecified atom stereocenters. The maximum Gasteiger partial charge on any atom is 0.335 e. The Bertz CT molecular complexity index is 658. The summed E-state index contributed by atoms with van der Waals surface area (Å²) in [6, 6.07) is 6.83. The molecule has 0 fully saturated rings. The van der Waals surface area contributed by atoms with Gasteiger partial charge in [0.25, 0.3) is 0 Å². The number of ether oxygens (including phenoxy) is 2.